The number of hydrogen-bond acceptors (Lipinski definition) is 2. The van der Waals surface area contributed by atoms with E-state index in [0.717, 1.165) is 37.8 Å². The Labute approximate surface area is 109 Å². The second-order valence-electron chi connectivity index (χ2n) is 6.51. The van der Waals surface area contributed by atoms with Crippen molar-refractivity contribution in [3.8, 4) is 0 Å². The molecular formula is C13H26BrNO. The smallest absolute Gasteiger partial charge is 0.0644 e. The second kappa shape index (κ2) is 5.36. The molecule has 1 fully saturated rings. The predicted octanol–water partition coefficient (Wildman–Crippen LogP) is 2.89. The fourth-order valence-electron chi connectivity index (χ4n) is 2.08. The van der Waals surface area contributed by atoms with Gasteiger partial charge in [0.2, 0.25) is 0 Å². The molecule has 1 N–H and O–H groups in total. The van der Waals surface area contributed by atoms with Crippen LogP contribution in [0.25, 0.3) is 0 Å². The summed E-state index contributed by atoms with van der Waals surface area (Å²) in [5.41, 5.74) is -0.0778. The highest BCUT2D eigenvalue weighted by Crippen LogP contribution is 2.30. The Morgan fingerprint density at radius 2 is 1.81 bits per heavy atom. The fraction of sp³-hybridized carbons (Fsp3) is 1.00. The summed E-state index contributed by atoms with van der Waals surface area (Å²) >= 11 is 3.62. The van der Waals surface area contributed by atoms with Crippen molar-refractivity contribution in [2.24, 2.45) is 11.3 Å². The Hall–Kier alpha value is 0.400. The van der Waals surface area contributed by atoms with Crippen LogP contribution in [0.4, 0.5) is 0 Å². The van der Waals surface area contributed by atoms with Crippen molar-refractivity contribution in [3.63, 3.8) is 0 Å². The SMILES string of the molecule is CC1(O)CCN(CC(CBr)C(C)(C)C)CC1. The van der Waals surface area contributed by atoms with Crippen molar-refractivity contribution in [1.82, 2.24) is 4.90 Å². The van der Waals surface area contributed by atoms with Crippen LogP contribution >= 0.6 is 15.9 Å². The minimum atomic E-state index is -0.428. The highest BCUT2D eigenvalue weighted by molar-refractivity contribution is 9.09. The number of alkyl halides is 1. The Morgan fingerprint density at radius 3 is 2.19 bits per heavy atom. The lowest BCUT2D eigenvalue weighted by Crippen LogP contribution is -2.46. The van der Waals surface area contributed by atoms with Crippen molar-refractivity contribution in [3.05, 3.63) is 0 Å². The topological polar surface area (TPSA) is 23.5 Å². The lowest BCUT2D eigenvalue weighted by molar-refractivity contribution is -0.0118. The quantitative estimate of drug-likeness (QED) is 0.809. The number of aliphatic hydroxyl groups is 1. The van der Waals surface area contributed by atoms with Crippen molar-refractivity contribution in [2.75, 3.05) is 25.0 Å². The molecule has 1 aliphatic heterocycles. The highest BCUT2D eigenvalue weighted by Gasteiger charge is 2.31. The molecule has 0 radical (unpaired) electrons. The van der Waals surface area contributed by atoms with Gasteiger partial charge in [-0.05, 0) is 31.1 Å². The molecule has 0 spiro atoms. The van der Waals surface area contributed by atoms with Gasteiger partial charge in [-0.1, -0.05) is 36.7 Å². The summed E-state index contributed by atoms with van der Waals surface area (Å²) in [7, 11) is 0. The van der Waals surface area contributed by atoms with Crippen LogP contribution < -0.4 is 0 Å². The molecule has 1 unspecified atom stereocenters. The van der Waals surface area contributed by atoms with Crippen molar-refractivity contribution in [1.29, 1.82) is 0 Å². The molecule has 0 aromatic rings. The molecule has 96 valence electrons. The molecule has 1 heterocycles. The zero-order valence-electron chi connectivity index (χ0n) is 11.1. The normalized spacial score (nSPS) is 24.4. The van der Waals surface area contributed by atoms with Gasteiger partial charge in [0.25, 0.3) is 0 Å². The van der Waals surface area contributed by atoms with Crippen LogP contribution in [0.1, 0.15) is 40.5 Å². The first-order valence-corrected chi connectivity index (χ1v) is 7.37. The minimum Gasteiger partial charge on any atom is -0.390 e. The summed E-state index contributed by atoms with van der Waals surface area (Å²) in [5, 5.41) is 11.0. The van der Waals surface area contributed by atoms with Gasteiger partial charge in [0.15, 0.2) is 0 Å². The minimum absolute atomic E-state index is 0.351. The maximum absolute atomic E-state index is 9.91. The first kappa shape index (κ1) is 14.5. The van der Waals surface area contributed by atoms with Gasteiger partial charge < -0.3 is 10.0 Å². The molecule has 0 aliphatic carbocycles. The van der Waals surface area contributed by atoms with Crippen LogP contribution in [0.3, 0.4) is 0 Å². The molecule has 0 bridgehead atoms. The van der Waals surface area contributed by atoms with Crippen LogP contribution in [0.5, 0.6) is 0 Å². The Kier molecular flexibility index (Phi) is 4.85. The molecule has 0 amide bonds. The third kappa shape index (κ3) is 4.34. The zero-order chi connectivity index (χ0) is 12.4. The van der Waals surface area contributed by atoms with Gasteiger partial charge in [0.1, 0.15) is 0 Å². The molecule has 3 heteroatoms. The molecule has 1 saturated heterocycles. The molecule has 1 rings (SSSR count). The van der Waals surface area contributed by atoms with E-state index in [1.54, 1.807) is 0 Å². The van der Waals surface area contributed by atoms with E-state index in [1.807, 2.05) is 6.92 Å². The van der Waals surface area contributed by atoms with E-state index in [9.17, 15) is 5.11 Å². The third-order valence-corrected chi connectivity index (χ3v) is 4.60. The lowest BCUT2D eigenvalue weighted by Gasteiger charge is -2.40. The molecular weight excluding hydrogens is 266 g/mol. The van der Waals surface area contributed by atoms with Crippen molar-refractivity contribution in [2.45, 2.75) is 46.1 Å². The van der Waals surface area contributed by atoms with Gasteiger partial charge in [0.05, 0.1) is 5.60 Å². The molecule has 1 aliphatic rings. The maximum Gasteiger partial charge on any atom is 0.0644 e. The van der Waals surface area contributed by atoms with Crippen molar-refractivity contribution < 1.29 is 5.11 Å². The Morgan fingerprint density at radius 1 is 1.31 bits per heavy atom. The van der Waals surface area contributed by atoms with Crippen LogP contribution in [0.15, 0.2) is 0 Å². The van der Waals surface area contributed by atoms with Gasteiger partial charge in [-0.15, -0.1) is 0 Å². The summed E-state index contributed by atoms with van der Waals surface area (Å²) in [5.74, 6) is 0.676. The molecule has 0 aromatic heterocycles. The largest absolute Gasteiger partial charge is 0.390 e. The van der Waals surface area contributed by atoms with E-state index >= 15 is 0 Å². The molecule has 1 atom stereocenters. The lowest BCUT2D eigenvalue weighted by atomic mass is 9.81. The number of halogens is 1. The van der Waals surface area contributed by atoms with Gasteiger partial charge in [-0.3, -0.25) is 0 Å². The van der Waals surface area contributed by atoms with Crippen LogP contribution in [-0.2, 0) is 0 Å². The van der Waals surface area contributed by atoms with E-state index in [2.05, 4.69) is 41.6 Å². The summed E-state index contributed by atoms with van der Waals surface area (Å²) < 4.78 is 0. The van der Waals surface area contributed by atoms with E-state index in [1.165, 1.54) is 0 Å². The number of rotatable bonds is 3. The first-order valence-electron chi connectivity index (χ1n) is 6.25. The Balaban J connectivity index is 2.43. The first-order chi connectivity index (χ1) is 7.24. The number of piperidine rings is 1. The van der Waals surface area contributed by atoms with Crippen molar-refractivity contribution >= 4 is 15.9 Å². The van der Waals surface area contributed by atoms with E-state index in [-0.39, 0.29) is 0 Å². The number of nitrogens with zero attached hydrogens (tertiary/aromatic N) is 1. The number of likely N-dealkylation sites (tertiary alicyclic amines) is 1. The predicted molar refractivity (Wildman–Crippen MR) is 73.0 cm³/mol. The van der Waals surface area contributed by atoms with Gasteiger partial charge in [-0.25, -0.2) is 0 Å². The highest BCUT2D eigenvalue weighted by atomic mass is 79.9. The standard InChI is InChI=1S/C13H26BrNO/c1-12(2,3)11(9-14)10-15-7-5-13(4,16)6-8-15/h11,16H,5-10H2,1-4H3. The van der Waals surface area contributed by atoms with Gasteiger partial charge in [0, 0.05) is 25.0 Å². The molecule has 16 heavy (non-hydrogen) atoms. The average Bonchev–Trinajstić information content (AvgIpc) is 2.14. The monoisotopic (exact) mass is 291 g/mol. The van der Waals surface area contributed by atoms with Crippen LogP contribution in [-0.4, -0.2) is 40.6 Å². The fourth-order valence-corrected chi connectivity index (χ4v) is 3.26. The maximum atomic E-state index is 9.91. The Bertz CT molecular complexity index is 212. The molecule has 2 nitrogen and oxygen atoms in total. The second-order valence-corrected chi connectivity index (χ2v) is 7.16. The summed E-state index contributed by atoms with van der Waals surface area (Å²) in [6.07, 6.45) is 1.82. The van der Waals surface area contributed by atoms with Gasteiger partial charge >= 0.3 is 0 Å². The summed E-state index contributed by atoms with van der Waals surface area (Å²) in [4.78, 5) is 2.50. The third-order valence-electron chi connectivity index (χ3n) is 3.82. The summed E-state index contributed by atoms with van der Waals surface area (Å²) in [6, 6.07) is 0. The average molecular weight is 292 g/mol. The summed E-state index contributed by atoms with van der Waals surface area (Å²) in [6.45, 7) is 12.1. The van der Waals surface area contributed by atoms with Crippen LogP contribution in [0.2, 0.25) is 0 Å². The molecule has 0 saturated carbocycles. The van der Waals surface area contributed by atoms with Gasteiger partial charge in [-0.2, -0.15) is 0 Å². The van der Waals surface area contributed by atoms with E-state index < -0.39 is 5.60 Å². The van der Waals surface area contributed by atoms with E-state index in [0.29, 0.717) is 11.3 Å². The zero-order valence-corrected chi connectivity index (χ0v) is 12.7. The molecule has 0 aromatic carbocycles. The number of hydrogen-bond donors (Lipinski definition) is 1. The van der Waals surface area contributed by atoms with E-state index in [4.69, 9.17) is 0 Å². The van der Waals surface area contributed by atoms with Crippen LogP contribution in [0, 0.1) is 11.3 Å².